The first-order chi connectivity index (χ1) is 8.79. The number of carboxylic acid groups (broad SMARTS) is 1. The van der Waals surface area contributed by atoms with Crippen molar-refractivity contribution in [3.8, 4) is 0 Å². The molecule has 0 aliphatic rings. The van der Waals surface area contributed by atoms with Crippen molar-refractivity contribution in [1.29, 1.82) is 0 Å². The van der Waals surface area contributed by atoms with Crippen LogP contribution < -0.4 is 5.32 Å². The van der Waals surface area contributed by atoms with E-state index in [1.165, 1.54) is 18.5 Å². The van der Waals surface area contributed by atoms with Crippen molar-refractivity contribution in [2.75, 3.05) is 6.54 Å². The van der Waals surface area contributed by atoms with E-state index in [-0.39, 0.29) is 17.9 Å². The average Bonchev–Trinajstić information content (AvgIpc) is 2.33. The van der Waals surface area contributed by atoms with Gasteiger partial charge in [0.05, 0.1) is 23.9 Å². The second-order valence-corrected chi connectivity index (χ2v) is 5.64. The zero-order valence-electron chi connectivity index (χ0n) is 11.4. The summed E-state index contributed by atoms with van der Waals surface area (Å²) in [5.41, 5.74) is 0.265. The highest BCUT2D eigenvalue weighted by Crippen LogP contribution is 2.24. The highest BCUT2D eigenvalue weighted by Gasteiger charge is 2.25. The Morgan fingerprint density at radius 1 is 1.37 bits per heavy atom. The largest absolute Gasteiger partial charge is 0.481 e. The molecule has 104 valence electrons. The molecule has 0 aromatic carbocycles. The number of rotatable bonds is 5. The number of nitrogens with zero attached hydrogens (tertiary/aromatic N) is 2. The van der Waals surface area contributed by atoms with Gasteiger partial charge >= 0.3 is 5.97 Å². The van der Waals surface area contributed by atoms with Gasteiger partial charge in [-0.05, 0) is 17.9 Å². The van der Waals surface area contributed by atoms with E-state index in [1.54, 1.807) is 0 Å². The predicted molar refractivity (Wildman–Crippen MR) is 69.6 cm³/mol. The van der Waals surface area contributed by atoms with Gasteiger partial charge in [-0.15, -0.1) is 0 Å². The van der Waals surface area contributed by atoms with E-state index < -0.39 is 11.9 Å². The molecule has 0 fully saturated rings. The lowest BCUT2D eigenvalue weighted by Gasteiger charge is -2.23. The summed E-state index contributed by atoms with van der Waals surface area (Å²) >= 11 is 0. The summed E-state index contributed by atoms with van der Waals surface area (Å²) in [6, 6.07) is 1.53. The van der Waals surface area contributed by atoms with Crippen LogP contribution in [-0.4, -0.2) is 33.7 Å². The molecule has 1 aromatic rings. The second kappa shape index (κ2) is 6.26. The maximum Gasteiger partial charge on any atom is 0.308 e. The molecule has 1 unspecified atom stereocenters. The maximum absolute atomic E-state index is 11.8. The standard InChI is InChI=1S/C13H19N3O3/c1-13(2,3)6-10(12(18)19)7-14-11(17)9-4-5-15-16-8-9/h4-5,8,10H,6-7H2,1-3H3,(H,14,17)(H,18,19). The molecule has 0 radical (unpaired) electrons. The topological polar surface area (TPSA) is 92.2 Å². The number of aliphatic carboxylic acids is 1. The van der Waals surface area contributed by atoms with Crippen LogP contribution in [0.2, 0.25) is 0 Å². The Labute approximate surface area is 112 Å². The number of aromatic nitrogens is 2. The van der Waals surface area contributed by atoms with Crippen LogP contribution in [0.25, 0.3) is 0 Å². The van der Waals surface area contributed by atoms with Crippen molar-refractivity contribution in [3.05, 3.63) is 24.0 Å². The molecule has 1 aromatic heterocycles. The van der Waals surface area contributed by atoms with E-state index in [2.05, 4.69) is 15.5 Å². The van der Waals surface area contributed by atoms with Gasteiger partial charge in [0.25, 0.3) is 5.91 Å². The summed E-state index contributed by atoms with van der Waals surface area (Å²) in [7, 11) is 0. The lowest BCUT2D eigenvalue weighted by atomic mass is 9.84. The first-order valence-electron chi connectivity index (χ1n) is 6.07. The zero-order valence-corrected chi connectivity index (χ0v) is 11.4. The second-order valence-electron chi connectivity index (χ2n) is 5.64. The van der Waals surface area contributed by atoms with Crippen LogP contribution in [0.15, 0.2) is 18.5 Å². The number of carbonyl (C=O) groups is 2. The third-order valence-corrected chi connectivity index (χ3v) is 2.56. The van der Waals surface area contributed by atoms with Crippen molar-refractivity contribution in [2.24, 2.45) is 11.3 Å². The lowest BCUT2D eigenvalue weighted by Crippen LogP contribution is -2.35. The van der Waals surface area contributed by atoms with Crippen LogP contribution in [0.3, 0.4) is 0 Å². The number of carbonyl (C=O) groups excluding carboxylic acids is 1. The van der Waals surface area contributed by atoms with Gasteiger partial charge in [0.1, 0.15) is 0 Å². The van der Waals surface area contributed by atoms with E-state index in [0.717, 1.165) is 0 Å². The first kappa shape index (κ1) is 15.1. The van der Waals surface area contributed by atoms with Gasteiger partial charge in [0.2, 0.25) is 0 Å². The first-order valence-corrected chi connectivity index (χ1v) is 6.07. The molecular formula is C13H19N3O3. The summed E-state index contributed by atoms with van der Waals surface area (Å²) in [5, 5.41) is 18.9. The van der Waals surface area contributed by atoms with Crippen LogP contribution in [0.4, 0.5) is 0 Å². The Kier molecular flexibility index (Phi) is 4.97. The van der Waals surface area contributed by atoms with Crippen LogP contribution in [0, 0.1) is 11.3 Å². The van der Waals surface area contributed by atoms with Crippen molar-refractivity contribution < 1.29 is 14.7 Å². The van der Waals surface area contributed by atoms with Crippen molar-refractivity contribution in [3.63, 3.8) is 0 Å². The Balaban J connectivity index is 2.58. The molecule has 0 spiro atoms. The normalized spacial score (nSPS) is 12.8. The van der Waals surface area contributed by atoms with Gasteiger partial charge in [0, 0.05) is 6.54 Å². The molecule has 0 saturated heterocycles. The number of carboxylic acids is 1. The Bertz CT molecular complexity index is 440. The molecule has 1 rings (SSSR count). The van der Waals surface area contributed by atoms with E-state index in [4.69, 9.17) is 5.11 Å². The quantitative estimate of drug-likeness (QED) is 0.838. The fourth-order valence-electron chi connectivity index (χ4n) is 1.73. The molecule has 2 N–H and O–H groups in total. The molecule has 6 heteroatoms. The highest BCUT2D eigenvalue weighted by atomic mass is 16.4. The number of nitrogens with one attached hydrogen (secondary N) is 1. The summed E-state index contributed by atoms with van der Waals surface area (Å²) < 4.78 is 0. The maximum atomic E-state index is 11.8. The molecule has 1 amide bonds. The van der Waals surface area contributed by atoms with Gasteiger partial charge in [-0.3, -0.25) is 9.59 Å². The van der Waals surface area contributed by atoms with Crippen LogP contribution >= 0.6 is 0 Å². The number of hydrogen-bond acceptors (Lipinski definition) is 4. The van der Waals surface area contributed by atoms with Crippen molar-refractivity contribution in [2.45, 2.75) is 27.2 Å². The van der Waals surface area contributed by atoms with Crippen molar-refractivity contribution >= 4 is 11.9 Å². The Morgan fingerprint density at radius 3 is 2.53 bits per heavy atom. The van der Waals surface area contributed by atoms with E-state index >= 15 is 0 Å². The SMILES string of the molecule is CC(C)(C)CC(CNC(=O)c1ccnnc1)C(=O)O. The number of hydrogen-bond donors (Lipinski definition) is 2. The van der Waals surface area contributed by atoms with Gasteiger partial charge in [-0.1, -0.05) is 20.8 Å². The fourth-order valence-corrected chi connectivity index (χ4v) is 1.73. The molecule has 6 nitrogen and oxygen atoms in total. The minimum absolute atomic E-state index is 0.105. The lowest BCUT2D eigenvalue weighted by molar-refractivity contribution is -0.142. The molecule has 0 saturated carbocycles. The Hall–Kier alpha value is -1.98. The summed E-state index contributed by atoms with van der Waals surface area (Å²) in [4.78, 5) is 22.9. The number of amides is 1. The van der Waals surface area contributed by atoms with Crippen molar-refractivity contribution in [1.82, 2.24) is 15.5 Å². The van der Waals surface area contributed by atoms with E-state index in [9.17, 15) is 9.59 Å². The third-order valence-electron chi connectivity index (χ3n) is 2.56. The Morgan fingerprint density at radius 2 is 2.05 bits per heavy atom. The summed E-state index contributed by atoms with van der Waals surface area (Å²) in [5.74, 6) is -1.84. The third kappa shape index (κ3) is 5.46. The molecule has 1 heterocycles. The molecule has 0 aliphatic carbocycles. The summed E-state index contributed by atoms with van der Waals surface area (Å²) in [6.45, 7) is 6.01. The van der Waals surface area contributed by atoms with Gasteiger partial charge < -0.3 is 10.4 Å². The van der Waals surface area contributed by atoms with Gasteiger partial charge in [-0.2, -0.15) is 10.2 Å². The van der Waals surface area contributed by atoms with E-state index in [1.807, 2.05) is 20.8 Å². The molecule has 0 aliphatic heterocycles. The minimum atomic E-state index is -0.900. The minimum Gasteiger partial charge on any atom is -0.481 e. The van der Waals surface area contributed by atoms with Crippen LogP contribution in [0.1, 0.15) is 37.6 Å². The highest BCUT2D eigenvalue weighted by molar-refractivity contribution is 5.93. The molecule has 19 heavy (non-hydrogen) atoms. The molecule has 1 atom stereocenters. The predicted octanol–water partition coefficient (Wildman–Crippen LogP) is 1.34. The monoisotopic (exact) mass is 265 g/mol. The van der Waals surface area contributed by atoms with E-state index in [0.29, 0.717) is 12.0 Å². The van der Waals surface area contributed by atoms with Gasteiger partial charge in [-0.25, -0.2) is 0 Å². The summed E-state index contributed by atoms with van der Waals surface area (Å²) in [6.07, 6.45) is 3.25. The average molecular weight is 265 g/mol. The van der Waals surface area contributed by atoms with Gasteiger partial charge in [0.15, 0.2) is 0 Å². The smallest absolute Gasteiger partial charge is 0.308 e. The fraction of sp³-hybridized carbons (Fsp3) is 0.538. The molecule has 0 bridgehead atoms. The van der Waals surface area contributed by atoms with Crippen LogP contribution in [-0.2, 0) is 4.79 Å². The van der Waals surface area contributed by atoms with Crippen LogP contribution in [0.5, 0.6) is 0 Å². The zero-order chi connectivity index (χ0) is 14.5. The molecular weight excluding hydrogens is 246 g/mol.